The number of aliphatic hydroxyl groups is 1. The van der Waals surface area contributed by atoms with Crippen molar-refractivity contribution in [2.75, 3.05) is 0 Å². The maximum absolute atomic E-state index is 9.19. The summed E-state index contributed by atoms with van der Waals surface area (Å²) in [7, 11) is 0. The van der Waals surface area contributed by atoms with Gasteiger partial charge in [-0.1, -0.05) is 18.7 Å². The molecule has 1 rings (SSSR count). The lowest BCUT2D eigenvalue weighted by molar-refractivity contribution is 0.0596. The molecule has 0 atom stereocenters. The van der Waals surface area contributed by atoms with Crippen LogP contribution in [0.15, 0.2) is 36.0 Å². The van der Waals surface area contributed by atoms with E-state index < -0.39 is 0 Å². The van der Waals surface area contributed by atoms with Crippen LogP contribution >= 0.6 is 0 Å². The van der Waals surface area contributed by atoms with E-state index in [0.29, 0.717) is 11.5 Å². The van der Waals surface area contributed by atoms with Gasteiger partial charge in [-0.05, 0) is 37.3 Å². The van der Waals surface area contributed by atoms with E-state index in [0.717, 1.165) is 18.4 Å². The van der Waals surface area contributed by atoms with Crippen molar-refractivity contribution in [1.29, 1.82) is 5.26 Å². The van der Waals surface area contributed by atoms with Gasteiger partial charge in [-0.3, -0.25) is 0 Å². The van der Waals surface area contributed by atoms with Gasteiger partial charge in [0.1, 0.15) is 0 Å². The van der Waals surface area contributed by atoms with Crippen molar-refractivity contribution in [3.8, 4) is 6.07 Å². The Hall–Kier alpha value is -1.33. The van der Waals surface area contributed by atoms with Gasteiger partial charge in [0.25, 0.3) is 0 Å². The summed E-state index contributed by atoms with van der Waals surface area (Å²) >= 11 is 0. The van der Waals surface area contributed by atoms with Crippen LogP contribution in [0.25, 0.3) is 0 Å². The second-order valence-corrected chi connectivity index (χ2v) is 3.60. The van der Waals surface area contributed by atoms with E-state index >= 15 is 0 Å². The van der Waals surface area contributed by atoms with Gasteiger partial charge >= 0.3 is 0 Å². The van der Waals surface area contributed by atoms with Crippen LogP contribution in [0.3, 0.4) is 0 Å². The van der Waals surface area contributed by atoms with Gasteiger partial charge < -0.3 is 5.11 Å². The fourth-order valence-corrected chi connectivity index (χ4v) is 1.59. The highest BCUT2D eigenvalue weighted by atomic mass is 16.3. The normalized spacial score (nSPS) is 27.1. The maximum Gasteiger partial charge on any atom is 0.0985 e. The molecule has 1 aliphatic rings. The fraction of sp³-hybridized carbons (Fsp3) is 0.417. The summed E-state index contributed by atoms with van der Waals surface area (Å²) in [6.07, 6.45) is 7.17. The molecule has 0 aromatic heterocycles. The Bertz CT molecular complexity index is 314. The first-order valence-corrected chi connectivity index (χ1v) is 4.78. The van der Waals surface area contributed by atoms with Crippen LogP contribution in [0, 0.1) is 17.2 Å². The highest BCUT2D eigenvalue weighted by molar-refractivity contribution is 5.38. The molecular formula is C12H15NO. The van der Waals surface area contributed by atoms with Crippen LogP contribution in [0.1, 0.15) is 19.8 Å². The van der Waals surface area contributed by atoms with Crippen molar-refractivity contribution < 1.29 is 5.11 Å². The van der Waals surface area contributed by atoms with Gasteiger partial charge in [-0.2, -0.15) is 5.26 Å². The molecule has 0 unspecified atom stereocenters. The van der Waals surface area contributed by atoms with E-state index in [1.54, 1.807) is 6.08 Å². The van der Waals surface area contributed by atoms with Crippen LogP contribution in [0.2, 0.25) is 0 Å². The third-order valence-corrected chi connectivity index (χ3v) is 2.43. The Morgan fingerprint density at radius 1 is 1.57 bits per heavy atom. The summed E-state index contributed by atoms with van der Waals surface area (Å²) in [5.74, 6) is 0.395. The number of aliphatic hydroxyl groups excluding tert-OH is 1. The molecular weight excluding hydrogens is 174 g/mol. The Morgan fingerprint density at radius 2 is 2.21 bits per heavy atom. The van der Waals surface area contributed by atoms with Crippen molar-refractivity contribution in [3.63, 3.8) is 0 Å². The summed E-state index contributed by atoms with van der Waals surface area (Å²) in [6.45, 7) is 5.56. The molecule has 0 aromatic rings. The van der Waals surface area contributed by atoms with E-state index in [9.17, 15) is 5.11 Å². The molecule has 2 nitrogen and oxygen atoms in total. The number of rotatable bonds is 3. The predicted molar refractivity (Wildman–Crippen MR) is 56.4 cm³/mol. The van der Waals surface area contributed by atoms with Gasteiger partial charge in [-0.25, -0.2) is 0 Å². The first kappa shape index (κ1) is 10.7. The Kier molecular flexibility index (Phi) is 3.67. The number of nitrogens with zero attached hydrogens (tertiary/aromatic N) is 1. The summed E-state index contributed by atoms with van der Waals surface area (Å²) in [5.41, 5.74) is 1.57. The van der Waals surface area contributed by atoms with Crippen LogP contribution in [0.4, 0.5) is 0 Å². The van der Waals surface area contributed by atoms with Crippen LogP contribution in [-0.2, 0) is 0 Å². The van der Waals surface area contributed by atoms with Crippen molar-refractivity contribution in [3.05, 3.63) is 36.0 Å². The molecule has 0 saturated heterocycles. The molecule has 0 radical (unpaired) electrons. The minimum atomic E-state index is -0.163. The average Bonchev–Trinajstić information content (AvgIpc) is 2.12. The van der Waals surface area contributed by atoms with E-state index in [1.807, 2.05) is 25.1 Å². The molecule has 0 aromatic carbocycles. The van der Waals surface area contributed by atoms with Crippen LogP contribution in [-0.4, -0.2) is 11.2 Å². The van der Waals surface area contributed by atoms with E-state index in [1.165, 1.54) is 0 Å². The lowest BCUT2D eigenvalue weighted by Gasteiger charge is -2.32. The topological polar surface area (TPSA) is 44.0 Å². The largest absolute Gasteiger partial charge is 0.393 e. The smallest absolute Gasteiger partial charge is 0.0985 e. The molecule has 74 valence electrons. The SMILES string of the molecule is C=C(C#N)/C=C(\C=C/C)C1CC(O)C1. The monoisotopic (exact) mass is 189 g/mol. The average molecular weight is 189 g/mol. The molecule has 14 heavy (non-hydrogen) atoms. The lowest BCUT2D eigenvalue weighted by Crippen LogP contribution is -2.29. The summed E-state index contributed by atoms with van der Waals surface area (Å²) in [6, 6.07) is 2.00. The fourth-order valence-electron chi connectivity index (χ4n) is 1.59. The third kappa shape index (κ3) is 2.58. The van der Waals surface area contributed by atoms with Crippen LogP contribution in [0.5, 0.6) is 0 Å². The maximum atomic E-state index is 9.19. The zero-order valence-corrected chi connectivity index (χ0v) is 8.40. The molecule has 1 N–H and O–H groups in total. The van der Waals surface area contributed by atoms with Crippen molar-refractivity contribution in [2.24, 2.45) is 5.92 Å². The third-order valence-electron chi connectivity index (χ3n) is 2.43. The predicted octanol–water partition coefficient (Wildman–Crippen LogP) is 2.34. The van der Waals surface area contributed by atoms with Gasteiger partial charge in [0, 0.05) is 5.57 Å². The zero-order chi connectivity index (χ0) is 10.6. The minimum Gasteiger partial charge on any atom is -0.393 e. The van der Waals surface area contributed by atoms with Crippen molar-refractivity contribution in [2.45, 2.75) is 25.9 Å². The van der Waals surface area contributed by atoms with Crippen LogP contribution < -0.4 is 0 Å². The highest BCUT2D eigenvalue weighted by Gasteiger charge is 2.28. The molecule has 1 aliphatic carbocycles. The minimum absolute atomic E-state index is 0.163. The van der Waals surface area contributed by atoms with E-state index in [2.05, 4.69) is 6.58 Å². The molecule has 0 amide bonds. The second-order valence-electron chi connectivity index (χ2n) is 3.60. The molecule has 1 saturated carbocycles. The van der Waals surface area contributed by atoms with Crippen molar-refractivity contribution >= 4 is 0 Å². The Balaban J connectivity index is 2.70. The first-order chi connectivity index (χ1) is 6.67. The van der Waals surface area contributed by atoms with Crippen molar-refractivity contribution in [1.82, 2.24) is 0 Å². The second kappa shape index (κ2) is 4.78. The quantitative estimate of drug-likeness (QED) is 0.547. The molecule has 2 heteroatoms. The Morgan fingerprint density at radius 3 is 2.64 bits per heavy atom. The van der Waals surface area contributed by atoms with Gasteiger partial charge in [0.15, 0.2) is 0 Å². The summed E-state index contributed by atoms with van der Waals surface area (Å²) < 4.78 is 0. The summed E-state index contributed by atoms with van der Waals surface area (Å²) in [4.78, 5) is 0. The summed E-state index contributed by atoms with van der Waals surface area (Å²) in [5, 5.41) is 17.8. The number of nitriles is 1. The van der Waals surface area contributed by atoms with Gasteiger partial charge in [-0.15, -0.1) is 0 Å². The number of hydrogen-bond donors (Lipinski definition) is 1. The highest BCUT2D eigenvalue weighted by Crippen LogP contribution is 2.34. The number of hydrogen-bond acceptors (Lipinski definition) is 2. The molecule has 1 fully saturated rings. The number of allylic oxidation sites excluding steroid dienone is 5. The molecule has 0 bridgehead atoms. The molecule has 0 spiro atoms. The van der Waals surface area contributed by atoms with Gasteiger partial charge in [0.05, 0.1) is 12.2 Å². The molecule has 0 heterocycles. The molecule has 0 aliphatic heterocycles. The standard InChI is InChI=1S/C12H15NO/c1-3-4-10(5-9(2)8-13)11-6-12(14)7-11/h3-5,11-12,14H,2,6-7H2,1H3/b4-3-,10-5+. The van der Waals surface area contributed by atoms with E-state index in [-0.39, 0.29) is 6.10 Å². The van der Waals surface area contributed by atoms with E-state index in [4.69, 9.17) is 5.26 Å². The first-order valence-electron chi connectivity index (χ1n) is 4.78. The zero-order valence-electron chi connectivity index (χ0n) is 8.40. The lowest BCUT2D eigenvalue weighted by atomic mass is 9.76. The Labute approximate surface area is 84.9 Å². The van der Waals surface area contributed by atoms with Gasteiger partial charge in [0.2, 0.25) is 0 Å².